The minimum atomic E-state index is -4.50. The predicted octanol–water partition coefficient (Wildman–Crippen LogP) is 0.909. The molecule has 3 rings (SSSR count). The van der Waals surface area contributed by atoms with Crippen molar-refractivity contribution in [1.82, 2.24) is 10.2 Å². The Hall–Kier alpha value is -3.50. The van der Waals surface area contributed by atoms with Gasteiger partial charge in [0.05, 0.1) is 22.9 Å². The summed E-state index contributed by atoms with van der Waals surface area (Å²) in [6.07, 6.45) is -4.56. The minimum absolute atomic E-state index is 0.0324. The van der Waals surface area contributed by atoms with Crippen LogP contribution in [0.2, 0.25) is 0 Å². The van der Waals surface area contributed by atoms with Gasteiger partial charge in [0.2, 0.25) is 11.8 Å². The Morgan fingerprint density at radius 3 is 2.27 bits per heavy atom. The van der Waals surface area contributed by atoms with Gasteiger partial charge in [-0.05, 0) is 74.0 Å². The summed E-state index contributed by atoms with van der Waals surface area (Å²) in [6, 6.07) is 6.75. The summed E-state index contributed by atoms with van der Waals surface area (Å²) in [4.78, 5) is 40.6. The largest absolute Gasteiger partial charge is 0.426 e. The average Bonchev–Trinajstić information content (AvgIpc) is 3.29. The maximum absolute atomic E-state index is 13.5. The standard InChI is InChI=1S/C29H39BF3N6O5/c1-28(2)21-17-20(8-9-22(21)30-44-28)39(43)27(42)24(11-5-18-3-6-19(7-4-18)29(31,32)33)37-26(41)23(36)10-12-25(40)38(15-13-34)16-14-35/h3-4,6-9,17,23-24,43H,5,10-16,34-36H2,1-2H3,(H,37,41)/t23-,24+/m0/s1. The zero-order valence-corrected chi connectivity index (χ0v) is 24.8. The van der Waals surface area contributed by atoms with Gasteiger partial charge < -0.3 is 32.1 Å². The van der Waals surface area contributed by atoms with Crippen LogP contribution in [0.1, 0.15) is 49.8 Å². The molecule has 11 nitrogen and oxygen atoms in total. The topological polar surface area (TPSA) is 177 Å². The molecule has 3 amide bonds. The number of alkyl halides is 3. The molecule has 1 heterocycles. The van der Waals surface area contributed by atoms with E-state index in [1.165, 1.54) is 23.1 Å². The van der Waals surface area contributed by atoms with Gasteiger partial charge in [-0.1, -0.05) is 18.2 Å². The molecule has 15 heteroatoms. The number of rotatable bonds is 14. The number of aryl methyl sites for hydroxylation is 1. The van der Waals surface area contributed by atoms with Crippen LogP contribution in [-0.4, -0.2) is 73.6 Å². The SMILES string of the molecule is CC1(C)O[B]c2ccc(N(O)C(=O)[C@@H](CCc3ccc(C(F)(F)F)cc3)NC(=O)[C@@H](N)CCC(=O)N(CCN)CCN)cc21. The van der Waals surface area contributed by atoms with Crippen molar-refractivity contribution in [1.29, 1.82) is 0 Å². The van der Waals surface area contributed by atoms with Gasteiger partial charge >= 0.3 is 13.7 Å². The fourth-order valence-corrected chi connectivity index (χ4v) is 4.80. The molecule has 2 atom stereocenters. The first-order valence-electron chi connectivity index (χ1n) is 14.3. The van der Waals surface area contributed by atoms with Crippen LogP contribution in [0, 0.1) is 0 Å². The van der Waals surface area contributed by atoms with Crippen LogP contribution in [0.4, 0.5) is 18.9 Å². The summed E-state index contributed by atoms with van der Waals surface area (Å²) >= 11 is 0. The van der Waals surface area contributed by atoms with Crippen molar-refractivity contribution in [2.75, 3.05) is 31.2 Å². The van der Waals surface area contributed by atoms with Gasteiger partial charge in [-0.25, -0.2) is 0 Å². The van der Waals surface area contributed by atoms with Crippen LogP contribution in [0.25, 0.3) is 0 Å². The van der Waals surface area contributed by atoms with Crippen molar-refractivity contribution < 1.29 is 37.4 Å². The number of hydrogen-bond acceptors (Lipinski definition) is 8. The fourth-order valence-electron chi connectivity index (χ4n) is 4.80. The van der Waals surface area contributed by atoms with Gasteiger partial charge in [0, 0.05) is 32.6 Å². The van der Waals surface area contributed by atoms with Crippen LogP contribution in [0.3, 0.4) is 0 Å². The quantitative estimate of drug-likeness (QED) is 0.118. The number of hydroxylamine groups is 1. The minimum Gasteiger partial charge on any atom is -0.426 e. The molecule has 44 heavy (non-hydrogen) atoms. The van der Waals surface area contributed by atoms with E-state index in [1.54, 1.807) is 19.6 Å². The van der Waals surface area contributed by atoms with E-state index in [9.17, 15) is 32.8 Å². The zero-order valence-electron chi connectivity index (χ0n) is 24.8. The van der Waals surface area contributed by atoms with Crippen molar-refractivity contribution in [3.05, 3.63) is 59.2 Å². The number of anilines is 1. The maximum Gasteiger partial charge on any atom is 0.416 e. The van der Waals surface area contributed by atoms with Crippen molar-refractivity contribution in [2.45, 2.75) is 63.4 Å². The molecule has 2 aromatic rings. The van der Waals surface area contributed by atoms with Crippen LogP contribution in [-0.2, 0) is 37.2 Å². The molecule has 0 saturated carbocycles. The Bertz CT molecular complexity index is 1310. The molecule has 0 aromatic heterocycles. The second kappa shape index (κ2) is 15.0. The number of nitrogens with one attached hydrogen (secondary N) is 1. The molecule has 1 radical (unpaired) electrons. The molecule has 0 spiro atoms. The third kappa shape index (κ3) is 9.02. The lowest BCUT2D eigenvalue weighted by Gasteiger charge is -2.26. The molecule has 2 aromatic carbocycles. The highest BCUT2D eigenvalue weighted by molar-refractivity contribution is 6.49. The third-order valence-corrected chi connectivity index (χ3v) is 7.39. The zero-order chi connectivity index (χ0) is 32.7. The van der Waals surface area contributed by atoms with Gasteiger partial charge in [0.25, 0.3) is 5.91 Å². The molecule has 239 valence electrons. The molecule has 0 saturated heterocycles. The van der Waals surface area contributed by atoms with Gasteiger partial charge in [0.15, 0.2) is 0 Å². The number of fused-ring (bicyclic) bond motifs is 1. The van der Waals surface area contributed by atoms with Crippen molar-refractivity contribution in [3.8, 4) is 0 Å². The molecule has 0 unspecified atom stereocenters. The van der Waals surface area contributed by atoms with E-state index >= 15 is 0 Å². The predicted molar refractivity (Wildman–Crippen MR) is 159 cm³/mol. The highest BCUT2D eigenvalue weighted by Crippen LogP contribution is 2.31. The Morgan fingerprint density at radius 1 is 1.05 bits per heavy atom. The first kappa shape index (κ1) is 35.0. The lowest BCUT2D eigenvalue weighted by atomic mass is 9.84. The number of hydrogen-bond donors (Lipinski definition) is 5. The van der Waals surface area contributed by atoms with E-state index < -0.39 is 41.2 Å². The maximum atomic E-state index is 13.5. The van der Waals surface area contributed by atoms with Crippen molar-refractivity contribution in [3.63, 3.8) is 0 Å². The highest BCUT2D eigenvalue weighted by Gasteiger charge is 2.34. The van der Waals surface area contributed by atoms with E-state index in [2.05, 4.69) is 5.32 Å². The molecule has 0 aliphatic carbocycles. The van der Waals surface area contributed by atoms with E-state index in [-0.39, 0.29) is 50.4 Å². The molecule has 1 aliphatic heterocycles. The van der Waals surface area contributed by atoms with Crippen LogP contribution in [0.15, 0.2) is 42.5 Å². The molecule has 8 N–H and O–H groups in total. The van der Waals surface area contributed by atoms with E-state index in [1.807, 2.05) is 13.8 Å². The number of nitrogens with zero attached hydrogens (tertiary/aromatic N) is 2. The first-order valence-corrected chi connectivity index (χ1v) is 14.3. The highest BCUT2D eigenvalue weighted by atomic mass is 19.4. The Balaban J connectivity index is 1.75. The van der Waals surface area contributed by atoms with Crippen LogP contribution < -0.4 is 33.0 Å². The van der Waals surface area contributed by atoms with E-state index in [0.29, 0.717) is 23.7 Å². The summed E-state index contributed by atoms with van der Waals surface area (Å²) in [6.45, 7) is 4.74. The second-order valence-electron chi connectivity index (χ2n) is 11.1. The lowest BCUT2D eigenvalue weighted by Crippen LogP contribution is -2.52. The first-order chi connectivity index (χ1) is 20.7. The number of benzene rings is 2. The van der Waals surface area contributed by atoms with E-state index in [0.717, 1.165) is 23.2 Å². The monoisotopic (exact) mass is 619 g/mol. The van der Waals surface area contributed by atoms with Gasteiger partial charge in [-0.3, -0.25) is 19.6 Å². The Kier molecular flexibility index (Phi) is 11.9. The Morgan fingerprint density at radius 2 is 1.68 bits per heavy atom. The molecular formula is C29H39BF3N6O5. The number of halogens is 3. The summed E-state index contributed by atoms with van der Waals surface area (Å²) in [5, 5.41) is 13.9. The number of amides is 3. The summed E-state index contributed by atoms with van der Waals surface area (Å²) in [7, 11) is 1.58. The molecule has 0 bridgehead atoms. The lowest BCUT2D eigenvalue weighted by molar-refractivity contribution is -0.137. The van der Waals surface area contributed by atoms with Crippen LogP contribution in [0.5, 0.6) is 0 Å². The summed E-state index contributed by atoms with van der Waals surface area (Å²) in [5.74, 6) is -1.90. The normalized spacial score (nSPS) is 15.1. The molecule has 1 aliphatic rings. The fraction of sp³-hybridized carbons (Fsp3) is 0.483. The van der Waals surface area contributed by atoms with Gasteiger partial charge in [-0.15, -0.1) is 0 Å². The van der Waals surface area contributed by atoms with Crippen molar-refractivity contribution in [2.24, 2.45) is 17.2 Å². The van der Waals surface area contributed by atoms with Crippen molar-refractivity contribution >= 4 is 36.4 Å². The number of nitrogens with two attached hydrogens (primary N) is 3. The number of carbonyl (C=O) groups is 3. The number of carbonyl (C=O) groups excluding carboxylic acids is 3. The second-order valence-corrected chi connectivity index (χ2v) is 11.1. The van der Waals surface area contributed by atoms with Crippen LogP contribution >= 0.6 is 0 Å². The summed E-state index contributed by atoms with van der Waals surface area (Å²) in [5.41, 5.74) is 17.8. The van der Waals surface area contributed by atoms with Gasteiger partial charge in [0.1, 0.15) is 6.04 Å². The Labute approximate surface area is 255 Å². The average molecular weight is 619 g/mol. The van der Waals surface area contributed by atoms with Gasteiger partial charge in [-0.2, -0.15) is 18.2 Å². The molecular weight excluding hydrogens is 580 g/mol. The third-order valence-electron chi connectivity index (χ3n) is 7.39. The summed E-state index contributed by atoms with van der Waals surface area (Å²) < 4.78 is 44.6. The molecule has 0 fully saturated rings. The smallest absolute Gasteiger partial charge is 0.416 e. The van der Waals surface area contributed by atoms with E-state index in [4.69, 9.17) is 21.9 Å².